The third kappa shape index (κ3) is 5.02. The number of nitrogens with one attached hydrogen (secondary N) is 2. The molecular formula is C24H29N3O4S. The van der Waals surface area contributed by atoms with E-state index in [4.69, 9.17) is 4.74 Å². The number of para-hydroxylation sites is 1. The summed E-state index contributed by atoms with van der Waals surface area (Å²) in [5, 5.41) is 6.47. The number of ether oxygens (including phenoxy) is 1. The molecule has 1 aliphatic heterocycles. The summed E-state index contributed by atoms with van der Waals surface area (Å²) in [5.74, 6) is -0.913. The second-order valence-electron chi connectivity index (χ2n) is 8.29. The zero-order valence-corrected chi connectivity index (χ0v) is 19.2. The SMILES string of the molecule is COC(=O)c1ccccc1NC(=O)c1c(NC(=O)CN2CCCCCC2)sc2c1CCC2. The van der Waals surface area contributed by atoms with Gasteiger partial charge in [-0.25, -0.2) is 4.79 Å². The van der Waals surface area contributed by atoms with Gasteiger partial charge in [-0.05, 0) is 62.9 Å². The van der Waals surface area contributed by atoms with Crippen LogP contribution in [0.25, 0.3) is 0 Å². The number of anilines is 2. The van der Waals surface area contributed by atoms with E-state index in [9.17, 15) is 14.4 Å². The lowest BCUT2D eigenvalue weighted by atomic mass is 10.1. The number of carbonyl (C=O) groups is 3. The number of fused-ring (bicyclic) bond motifs is 1. The first-order chi connectivity index (χ1) is 15.6. The van der Waals surface area contributed by atoms with E-state index in [1.165, 1.54) is 31.3 Å². The maximum Gasteiger partial charge on any atom is 0.339 e. The minimum Gasteiger partial charge on any atom is -0.465 e. The molecule has 7 nitrogen and oxygen atoms in total. The molecule has 0 radical (unpaired) electrons. The molecule has 2 N–H and O–H groups in total. The fourth-order valence-corrected chi connectivity index (χ4v) is 5.76. The Hall–Kier alpha value is -2.71. The summed E-state index contributed by atoms with van der Waals surface area (Å²) in [5.41, 5.74) is 2.21. The van der Waals surface area contributed by atoms with Gasteiger partial charge in [-0.1, -0.05) is 25.0 Å². The summed E-state index contributed by atoms with van der Waals surface area (Å²) in [7, 11) is 1.31. The number of hydrogen-bond acceptors (Lipinski definition) is 6. The Morgan fingerprint density at radius 2 is 1.75 bits per heavy atom. The van der Waals surface area contributed by atoms with Crippen molar-refractivity contribution in [1.29, 1.82) is 0 Å². The van der Waals surface area contributed by atoms with Crippen LogP contribution in [-0.2, 0) is 22.4 Å². The quantitative estimate of drug-likeness (QED) is 0.641. The van der Waals surface area contributed by atoms with E-state index in [-0.39, 0.29) is 11.8 Å². The Labute approximate surface area is 192 Å². The van der Waals surface area contributed by atoms with Crippen LogP contribution in [0.15, 0.2) is 24.3 Å². The van der Waals surface area contributed by atoms with Crippen molar-refractivity contribution in [2.24, 2.45) is 0 Å². The maximum absolute atomic E-state index is 13.3. The molecule has 2 aromatic rings. The summed E-state index contributed by atoms with van der Waals surface area (Å²) in [6.45, 7) is 2.22. The van der Waals surface area contributed by atoms with Crippen LogP contribution < -0.4 is 10.6 Å². The Morgan fingerprint density at radius 1 is 1.00 bits per heavy atom. The van der Waals surface area contributed by atoms with Gasteiger partial charge in [0.15, 0.2) is 0 Å². The average molecular weight is 456 g/mol. The van der Waals surface area contributed by atoms with Gasteiger partial charge in [0.2, 0.25) is 5.91 Å². The third-order valence-electron chi connectivity index (χ3n) is 6.05. The monoisotopic (exact) mass is 455 g/mol. The van der Waals surface area contributed by atoms with E-state index in [0.29, 0.717) is 28.4 Å². The van der Waals surface area contributed by atoms with Crippen LogP contribution in [-0.4, -0.2) is 49.4 Å². The van der Waals surface area contributed by atoms with Crippen molar-refractivity contribution < 1.29 is 19.1 Å². The highest BCUT2D eigenvalue weighted by Crippen LogP contribution is 2.39. The Kier molecular flexibility index (Phi) is 7.22. The van der Waals surface area contributed by atoms with Crippen molar-refractivity contribution in [2.75, 3.05) is 37.4 Å². The zero-order valence-electron chi connectivity index (χ0n) is 18.4. The van der Waals surface area contributed by atoms with Gasteiger partial charge in [-0.2, -0.15) is 0 Å². The third-order valence-corrected chi connectivity index (χ3v) is 7.26. The number of carbonyl (C=O) groups excluding carboxylic acids is 3. The molecule has 0 unspecified atom stereocenters. The van der Waals surface area contributed by atoms with Crippen molar-refractivity contribution in [1.82, 2.24) is 4.90 Å². The van der Waals surface area contributed by atoms with Crippen molar-refractivity contribution in [2.45, 2.75) is 44.9 Å². The number of aryl methyl sites for hydroxylation is 1. The van der Waals surface area contributed by atoms with Crippen LogP contribution in [0.2, 0.25) is 0 Å². The Balaban J connectivity index is 1.53. The van der Waals surface area contributed by atoms with E-state index < -0.39 is 5.97 Å². The predicted octanol–water partition coefficient (Wildman–Crippen LogP) is 4.09. The number of benzene rings is 1. The molecule has 1 fully saturated rings. The molecule has 2 heterocycles. The molecule has 170 valence electrons. The molecule has 0 saturated carbocycles. The van der Waals surface area contributed by atoms with Gasteiger partial charge in [0.1, 0.15) is 5.00 Å². The summed E-state index contributed by atoms with van der Waals surface area (Å²) < 4.78 is 4.83. The predicted molar refractivity (Wildman–Crippen MR) is 126 cm³/mol. The highest BCUT2D eigenvalue weighted by molar-refractivity contribution is 7.17. The normalized spacial score (nSPS) is 16.2. The first kappa shape index (κ1) is 22.5. The highest BCUT2D eigenvalue weighted by atomic mass is 32.1. The topological polar surface area (TPSA) is 87.7 Å². The zero-order chi connectivity index (χ0) is 22.5. The van der Waals surface area contributed by atoms with Crippen molar-refractivity contribution in [3.63, 3.8) is 0 Å². The van der Waals surface area contributed by atoms with Crippen LogP contribution in [0.4, 0.5) is 10.7 Å². The lowest BCUT2D eigenvalue weighted by Crippen LogP contribution is -2.34. The average Bonchev–Trinajstić information content (AvgIpc) is 3.25. The summed E-state index contributed by atoms with van der Waals surface area (Å²) in [4.78, 5) is 41.5. The minimum atomic E-state index is -0.512. The number of likely N-dealkylation sites (tertiary alicyclic amines) is 1. The summed E-state index contributed by atoms with van der Waals surface area (Å²) in [6, 6.07) is 6.76. The molecule has 2 amide bonds. The van der Waals surface area contributed by atoms with E-state index in [1.54, 1.807) is 24.3 Å². The van der Waals surface area contributed by atoms with E-state index >= 15 is 0 Å². The number of nitrogens with zero attached hydrogens (tertiary/aromatic N) is 1. The standard InChI is InChI=1S/C24H29N3O4S/c1-31-24(30)16-9-4-5-11-18(16)25-22(29)21-17-10-8-12-19(17)32-23(21)26-20(28)15-27-13-6-2-3-7-14-27/h4-5,9,11H,2-3,6-8,10,12-15H2,1H3,(H,25,29)(H,26,28). The highest BCUT2D eigenvalue weighted by Gasteiger charge is 2.28. The molecule has 32 heavy (non-hydrogen) atoms. The van der Waals surface area contributed by atoms with Gasteiger partial charge in [0.05, 0.1) is 30.5 Å². The van der Waals surface area contributed by atoms with Crippen LogP contribution in [0.3, 0.4) is 0 Å². The van der Waals surface area contributed by atoms with Crippen molar-refractivity contribution in [3.05, 3.63) is 45.8 Å². The van der Waals surface area contributed by atoms with Gasteiger partial charge in [0, 0.05) is 4.88 Å². The van der Waals surface area contributed by atoms with Crippen molar-refractivity contribution >= 4 is 39.8 Å². The fraction of sp³-hybridized carbons (Fsp3) is 0.458. The lowest BCUT2D eigenvalue weighted by Gasteiger charge is -2.19. The first-order valence-corrected chi connectivity index (χ1v) is 12.0. The van der Waals surface area contributed by atoms with Crippen molar-refractivity contribution in [3.8, 4) is 0 Å². The maximum atomic E-state index is 13.3. The molecule has 1 aromatic heterocycles. The minimum absolute atomic E-state index is 0.0872. The second kappa shape index (κ2) is 10.3. The smallest absolute Gasteiger partial charge is 0.339 e. The molecule has 2 aliphatic rings. The molecule has 0 bridgehead atoms. The Bertz CT molecular complexity index is 1010. The Morgan fingerprint density at radius 3 is 2.50 bits per heavy atom. The fourth-order valence-electron chi connectivity index (χ4n) is 4.46. The summed E-state index contributed by atoms with van der Waals surface area (Å²) >= 11 is 1.49. The molecule has 0 atom stereocenters. The van der Waals surface area contributed by atoms with Gasteiger partial charge in [0.25, 0.3) is 5.91 Å². The van der Waals surface area contributed by atoms with Gasteiger partial charge >= 0.3 is 5.97 Å². The summed E-state index contributed by atoms with van der Waals surface area (Å²) in [6.07, 6.45) is 7.40. The number of esters is 1. The van der Waals surface area contributed by atoms with E-state index in [0.717, 1.165) is 55.6 Å². The molecule has 1 aromatic carbocycles. The number of amides is 2. The molecule has 0 spiro atoms. The molecular weight excluding hydrogens is 426 g/mol. The van der Waals surface area contributed by atoms with Gasteiger partial charge < -0.3 is 15.4 Å². The van der Waals surface area contributed by atoms with E-state index in [1.807, 2.05) is 0 Å². The number of methoxy groups -OCH3 is 1. The van der Waals surface area contributed by atoms with Crippen LogP contribution in [0.1, 0.15) is 63.3 Å². The van der Waals surface area contributed by atoms with Gasteiger partial charge in [-0.3, -0.25) is 14.5 Å². The van der Waals surface area contributed by atoms with E-state index in [2.05, 4.69) is 15.5 Å². The van der Waals surface area contributed by atoms with Crippen LogP contribution >= 0.6 is 11.3 Å². The number of thiophene rings is 1. The number of rotatable bonds is 6. The molecule has 4 rings (SSSR count). The largest absolute Gasteiger partial charge is 0.465 e. The second-order valence-corrected chi connectivity index (χ2v) is 9.40. The van der Waals surface area contributed by atoms with Crippen LogP contribution in [0.5, 0.6) is 0 Å². The van der Waals surface area contributed by atoms with Gasteiger partial charge in [-0.15, -0.1) is 11.3 Å². The molecule has 1 aliphatic carbocycles. The first-order valence-electron chi connectivity index (χ1n) is 11.2. The molecule has 8 heteroatoms. The lowest BCUT2D eigenvalue weighted by molar-refractivity contribution is -0.117. The number of hydrogen-bond donors (Lipinski definition) is 2. The molecule has 1 saturated heterocycles. The van der Waals surface area contributed by atoms with Crippen LogP contribution in [0, 0.1) is 0 Å².